The van der Waals surface area contributed by atoms with E-state index >= 15 is 0 Å². The van der Waals surface area contributed by atoms with E-state index < -0.39 is 6.16 Å². The average Bonchev–Trinajstić information content (AvgIpc) is 1.41. The molecule has 0 heterocycles. The Kier molecular flexibility index (Phi) is 37.5. The Morgan fingerprint density at radius 3 is 1.43 bits per heavy atom. The SMILES string of the molecule is CO.O=C(O)O.[H-].[H-].[Mg+2]. The van der Waals surface area contributed by atoms with Gasteiger partial charge >= 0.3 is 29.2 Å². The zero-order valence-electron chi connectivity index (χ0n) is 5.96. The van der Waals surface area contributed by atoms with E-state index in [1.807, 2.05) is 0 Å². The molecule has 0 rings (SSSR count). The van der Waals surface area contributed by atoms with Crippen LogP contribution in [0.25, 0.3) is 0 Å². The maximum absolute atomic E-state index is 8.56. The molecule has 0 atom stereocenters. The minimum atomic E-state index is -1.83. The summed E-state index contributed by atoms with van der Waals surface area (Å²) in [5.41, 5.74) is 0. The van der Waals surface area contributed by atoms with E-state index in [1.165, 1.54) is 0 Å². The Morgan fingerprint density at radius 2 is 1.43 bits per heavy atom. The van der Waals surface area contributed by atoms with Gasteiger partial charge in [-0.3, -0.25) is 0 Å². The third-order valence-electron chi connectivity index (χ3n) is 0. The van der Waals surface area contributed by atoms with Crippen molar-refractivity contribution in [3.63, 3.8) is 0 Å². The second kappa shape index (κ2) is 16.7. The molecule has 0 aromatic carbocycles. The quantitative estimate of drug-likeness (QED) is 0.383. The number of aliphatic hydroxyl groups excluding tert-OH is 1. The number of hydrogen-bond donors (Lipinski definition) is 3. The van der Waals surface area contributed by atoms with Gasteiger partial charge in [-0.05, 0) is 0 Å². The summed E-state index contributed by atoms with van der Waals surface area (Å²) in [7, 11) is 1.00. The molecule has 0 saturated heterocycles. The molecule has 7 heavy (non-hydrogen) atoms. The summed E-state index contributed by atoms with van der Waals surface area (Å²) in [6, 6.07) is 0. The van der Waals surface area contributed by atoms with E-state index in [1.54, 1.807) is 0 Å². The van der Waals surface area contributed by atoms with Crippen molar-refractivity contribution in [1.29, 1.82) is 0 Å². The number of carbonyl (C=O) groups is 1. The summed E-state index contributed by atoms with van der Waals surface area (Å²) in [4.78, 5) is 8.56. The minimum absolute atomic E-state index is 0. The summed E-state index contributed by atoms with van der Waals surface area (Å²) in [6.45, 7) is 0. The monoisotopic (exact) mass is 120 g/mol. The van der Waals surface area contributed by atoms with Crippen LogP contribution in [-0.4, -0.2) is 51.6 Å². The van der Waals surface area contributed by atoms with Gasteiger partial charge < -0.3 is 18.2 Å². The van der Waals surface area contributed by atoms with Gasteiger partial charge in [0, 0.05) is 7.11 Å². The molecule has 0 spiro atoms. The van der Waals surface area contributed by atoms with Gasteiger partial charge in [-0.15, -0.1) is 0 Å². The van der Waals surface area contributed by atoms with Crippen LogP contribution >= 0.6 is 0 Å². The first-order valence-electron chi connectivity index (χ1n) is 1.10. The molecule has 0 aromatic rings. The first-order chi connectivity index (χ1) is 2.73. The molecule has 0 aliphatic rings. The predicted molar refractivity (Wildman–Crippen MR) is 26.8 cm³/mol. The Balaban J connectivity index is -0.00000000990. The van der Waals surface area contributed by atoms with Crippen LogP contribution in [0, 0.1) is 0 Å². The topological polar surface area (TPSA) is 77.8 Å². The minimum Gasteiger partial charge on any atom is -1.00 e. The fourth-order valence-corrected chi connectivity index (χ4v) is 0. The molecule has 0 aliphatic heterocycles. The second-order valence-corrected chi connectivity index (χ2v) is 0.283. The van der Waals surface area contributed by atoms with Crippen LogP contribution < -0.4 is 0 Å². The van der Waals surface area contributed by atoms with E-state index in [0.29, 0.717) is 0 Å². The second-order valence-electron chi connectivity index (χ2n) is 0.283. The average molecular weight is 120 g/mol. The molecule has 0 fully saturated rings. The van der Waals surface area contributed by atoms with E-state index in [2.05, 4.69) is 0 Å². The standard InChI is InChI=1S/CH2O3.CH4O.Mg.2H/c2-1(3)4;1-2;;;/h(H2,2,3,4);2H,1H3;;;/q;;+2;2*-1. The molecule has 4 nitrogen and oxygen atoms in total. The van der Waals surface area contributed by atoms with Gasteiger partial charge in [0.1, 0.15) is 0 Å². The van der Waals surface area contributed by atoms with Gasteiger partial charge in [0.25, 0.3) is 0 Å². The molecule has 0 amide bonds. The van der Waals surface area contributed by atoms with Gasteiger partial charge in [-0.1, -0.05) is 0 Å². The number of carboxylic acid groups (broad SMARTS) is 2. The largest absolute Gasteiger partial charge is 2.00 e. The first kappa shape index (κ1) is 15.8. The van der Waals surface area contributed by atoms with Crippen molar-refractivity contribution in [2.24, 2.45) is 0 Å². The Morgan fingerprint density at radius 1 is 1.43 bits per heavy atom. The van der Waals surface area contributed by atoms with Gasteiger partial charge in [-0.25, -0.2) is 4.79 Å². The molecule has 0 saturated carbocycles. The van der Waals surface area contributed by atoms with Gasteiger partial charge in [-0.2, -0.15) is 0 Å². The smallest absolute Gasteiger partial charge is 1.00 e. The van der Waals surface area contributed by atoms with Crippen molar-refractivity contribution in [2.45, 2.75) is 0 Å². The zero-order valence-corrected chi connectivity index (χ0v) is 5.37. The van der Waals surface area contributed by atoms with Crippen LogP contribution in [0.3, 0.4) is 0 Å². The van der Waals surface area contributed by atoms with Crippen molar-refractivity contribution in [1.82, 2.24) is 0 Å². The van der Waals surface area contributed by atoms with E-state index in [-0.39, 0.29) is 25.9 Å². The third kappa shape index (κ3) is 6750000. The van der Waals surface area contributed by atoms with Gasteiger partial charge in [0.05, 0.1) is 0 Å². The predicted octanol–water partition coefficient (Wildman–Crippen LogP) is -0.325. The fourth-order valence-electron chi connectivity index (χ4n) is 0. The number of hydrogen-bond acceptors (Lipinski definition) is 2. The van der Waals surface area contributed by atoms with Crippen molar-refractivity contribution in [3.05, 3.63) is 0 Å². The molecule has 5 heteroatoms. The molecule has 3 N–H and O–H groups in total. The Bertz CT molecular complexity index is 39.5. The summed E-state index contributed by atoms with van der Waals surface area (Å²) >= 11 is 0. The van der Waals surface area contributed by atoms with E-state index in [9.17, 15) is 0 Å². The van der Waals surface area contributed by atoms with Crippen LogP contribution in [0.4, 0.5) is 4.79 Å². The summed E-state index contributed by atoms with van der Waals surface area (Å²) < 4.78 is 0. The van der Waals surface area contributed by atoms with Crippen LogP contribution in [0.2, 0.25) is 0 Å². The summed E-state index contributed by atoms with van der Waals surface area (Å²) in [6.07, 6.45) is -1.83. The molecule has 0 unspecified atom stereocenters. The molecular formula is C2H8MgO4. The summed E-state index contributed by atoms with van der Waals surface area (Å²) in [5, 5.41) is 20.9. The third-order valence-corrected chi connectivity index (χ3v) is 0. The molecular weight excluding hydrogens is 112 g/mol. The van der Waals surface area contributed by atoms with Crippen LogP contribution in [0.5, 0.6) is 0 Å². The van der Waals surface area contributed by atoms with Gasteiger partial charge in [0.2, 0.25) is 0 Å². The van der Waals surface area contributed by atoms with Crippen molar-refractivity contribution in [2.75, 3.05) is 7.11 Å². The first-order valence-corrected chi connectivity index (χ1v) is 1.10. The maximum atomic E-state index is 8.56. The van der Waals surface area contributed by atoms with E-state index in [0.717, 1.165) is 7.11 Å². The van der Waals surface area contributed by atoms with Gasteiger partial charge in [0.15, 0.2) is 0 Å². The van der Waals surface area contributed by atoms with Crippen LogP contribution in [-0.2, 0) is 0 Å². The summed E-state index contributed by atoms with van der Waals surface area (Å²) in [5.74, 6) is 0. The fraction of sp³-hybridized carbons (Fsp3) is 0.500. The zero-order chi connectivity index (χ0) is 5.58. The Hall–Kier alpha value is -0.00377. The van der Waals surface area contributed by atoms with Crippen molar-refractivity contribution < 1.29 is 23.0 Å². The van der Waals surface area contributed by atoms with E-state index in [4.69, 9.17) is 20.1 Å². The van der Waals surface area contributed by atoms with Crippen LogP contribution in [0.1, 0.15) is 2.85 Å². The molecule has 0 aromatic heterocycles. The van der Waals surface area contributed by atoms with Crippen molar-refractivity contribution in [3.8, 4) is 0 Å². The maximum Gasteiger partial charge on any atom is 2.00 e. The number of aliphatic hydroxyl groups is 1. The molecule has 42 valence electrons. The molecule has 0 radical (unpaired) electrons. The molecule has 0 aliphatic carbocycles. The van der Waals surface area contributed by atoms with Crippen LogP contribution in [0.15, 0.2) is 0 Å². The molecule has 0 bridgehead atoms. The normalized spacial score (nSPS) is 4.29. The Labute approximate surface area is 59.9 Å². The van der Waals surface area contributed by atoms with Crippen molar-refractivity contribution >= 4 is 29.2 Å². The number of rotatable bonds is 0.